The minimum Gasteiger partial charge on any atom is -0.494 e. The number of pyridine rings is 1. The first kappa shape index (κ1) is 11.5. The predicted octanol–water partition coefficient (Wildman–Crippen LogP) is 4.21. The van der Waals surface area contributed by atoms with Gasteiger partial charge in [0.2, 0.25) is 0 Å². The summed E-state index contributed by atoms with van der Waals surface area (Å²) in [6, 6.07) is 6.25. The van der Waals surface area contributed by atoms with Crippen LogP contribution in [0.25, 0.3) is 10.9 Å². The molecule has 0 amide bonds. The number of benzene rings is 1. The summed E-state index contributed by atoms with van der Waals surface area (Å²) in [4.78, 5) is 4.56. The standard InChI is InChI=1S/C16H19NO/c1-11-10-17-16-13(8-5-9-14(16)18-2)15(11)12-6-3-4-7-12/h5,8-10,12H,3-4,6-7H2,1-2H3. The number of aromatic nitrogens is 1. The largest absolute Gasteiger partial charge is 0.494 e. The summed E-state index contributed by atoms with van der Waals surface area (Å²) in [6.07, 6.45) is 7.35. The number of para-hydroxylation sites is 1. The fourth-order valence-corrected chi connectivity index (χ4v) is 3.24. The van der Waals surface area contributed by atoms with E-state index >= 15 is 0 Å². The molecule has 0 bridgehead atoms. The van der Waals surface area contributed by atoms with Gasteiger partial charge in [0.05, 0.1) is 7.11 Å². The zero-order chi connectivity index (χ0) is 12.5. The molecule has 18 heavy (non-hydrogen) atoms. The van der Waals surface area contributed by atoms with Gasteiger partial charge in [-0.25, -0.2) is 0 Å². The van der Waals surface area contributed by atoms with Crippen LogP contribution in [0.2, 0.25) is 0 Å². The van der Waals surface area contributed by atoms with Crippen LogP contribution in [-0.4, -0.2) is 12.1 Å². The maximum absolute atomic E-state index is 5.42. The van der Waals surface area contributed by atoms with E-state index in [0.29, 0.717) is 5.92 Å². The molecule has 2 nitrogen and oxygen atoms in total. The molecule has 0 radical (unpaired) electrons. The third-order valence-electron chi connectivity index (χ3n) is 4.08. The smallest absolute Gasteiger partial charge is 0.145 e. The molecule has 94 valence electrons. The lowest BCUT2D eigenvalue weighted by Gasteiger charge is -2.16. The zero-order valence-electron chi connectivity index (χ0n) is 11.1. The molecule has 2 aromatic rings. The van der Waals surface area contributed by atoms with Crippen LogP contribution < -0.4 is 4.74 Å². The van der Waals surface area contributed by atoms with Gasteiger partial charge >= 0.3 is 0 Å². The molecule has 1 aliphatic rings. The van der Waals surface area contributed by atoms with E-state index in [1.165, 1.54) is 42.2 Å². The molecule has 1 heterocycles. The molecule has 3 rings (SSSR count). The number of hydrogen-bond acceptors (Lipinski definition) is 2. The number of ether oxygens (including phenoxy) is 1. The Morgan fingerprint density at radius 3 is 2.72 bits per heavy atom. The molecule has 0 atom stereocenters. The summed E-state index contributed by atoms with van der Waals surface area (Å²) in [7, 11) is 1.71. The van der Waals surface area contributed by atoms with Gasteiger partial charge in [0.15, 0.2) is 0 Å². The molecule has 0 saturated heterocycles. The summed E-state index contributed by atoms with van der Waals surface area (Å²) >= 11 is 0. The van der Waals surface area contributed by atoms with Crippen molar-refractivity contribution in [1.82, 2.24) is 4.98 Å². The Hall–Kier alpha value is -1.57. The second-order valence-electron chi connectivity index (χ2n) is 5.19. The Morgan fingerprint density at radius 2 is 2.00 bits per heavy atom. The Kier molecular flexibility index (Phi) is 2.94. The number of rotatable bonds is 2. The minimum atomic E-state index is 0.711. The lowest BCUT2D eigenvalue weighted by molar-refractivity contribution is 0.419. The topological polar surface area (TPSA) is 22.1 Å². The molecule has 0 spiro atoms. The first-order valence-electron chi connectivity index (χ1n) is 6.73. The van der Waals surface area contributed by atoms with Crippen molar-refractivity contribution in [1.29, 1.82) is 0 Å². The number of methoxy groups -OCH3 is 1. The quantitative estimate of drug-likeness (QED) is 0.785. The van der Waals surface area contributed by atoms with Crippen LogP contribution in [0.15, 0.2) is 24.4 Å². The average Bonchev–Trinajstić information content (AvgIpc) is 2.91. The summed E-state index contributed by atoms with van der Waals surface area (Å²) in [6.45, 7) is 2.18. The zero-order valence-corrected chi connectivity index (χ0v) is 11.1. The third kappa shape index (κ3) is 1.76. The number of aryl methyl sites for hydroxylation is 1. The van der Waals surface area contributed by atoms with Gasteiger partial charge in [-0.15, -0.1) is 0 Å². The first-order valence-corrected chi connectivity index (χ1v) is 6.73. The van der Waals surface area contributed by atoms with E-state index in [-0.39, 0.29) is 0 Å². The van der Waals surface area contributed by atoms with E-state index in [1.54, 1.807) is 7.11 Å². The van der Waals surface area contributed by atoms with E-state index < -0.39 is 0 Å². The van der Waals surface area contributed by atoms with E-state index in [2.05, 4.69) is 24.0 Å². The Labute approximate surface area is 108 Å². The Bertz CT molecular complexity index is 571. The lowest BCUT2D eigenvalue weighted by Crippen LogP contribution is -2.00. The molecule has 0 N–H and O–H groups in total. The van der Waals surface area contributed by atoms with Gasteiger partial charge in [-0.1, -0.05) is 25.0 Å². The number of nitrogens with zero attached hydrogens (tertiary/aromatic N) is 1. The van der Waals surface area contributed by atoms with Crippen LogP contribution in [0.5, 0.6) is 5.75 Å². The van der Waals surface area contributed by atoms with Crippen molar-refractivity contribution in [2.75, 3.05) is 7.11 Å². The summed E-state index contributed by atoms with van der Waals surface area (Å²) in [5.41, 5.74) is 3.83. The van der Waals surface area contributed by atoms with Crippen molar-refractivity contribution in [3.8, 4) is 5.75 Å². The fraction of sp³-hybridized carbons (Fsp3) is 0.438. The monoisotopic (exact) mass is 241 g/mol. The van der Waals surface area contributed by atoms with Gasteiger partial charge in [0.1, 0.15) is 11.3 Å². The molecule has 2 heteroatoms. The van der Waals surface area contributed by atoms with Crippen molar-refractivity contribution in [2.45, 2.75) is 38.5 Å². The molecule has 1 aliphatic carbocycles. The highest BCUT2D eigenvalue weighted by Crippen LogP contribution is 2.40. The molecule has 0 unspecified atom stereocenters. The van der Waals surface area contributed by atoms with E-state index in [4.69, 9.17) is 4.74 Å². The molecule has 1 fully saturated rings. The van der Waals surface area contributed by atoms with Crippen molar-refractivity contribution in [2.24, 2.45) is 0 Å². The number of hydrogen-bond donors (Lipinski definition) is 0. The highest BCUT2D eigenvalue weighted by Gasteiger charge is 2.21. The van der Waals surface area contributed by atoms with Crippen molar-refractivity contribution in [3.05, 3.63) is 35.5 Å². The van der Waals surface area contributed by atoms with Gasteiger partial charge in [-0.05, 0) is 42.9 Å². The fourth-order valence-electron chi connectivity index (χ4n) is 3.24. The van der Waals surface area contributed by atoms with Gasteiger partial charge in [0.25, 0.3) is 0 Å². The molecule has 1 aromatic heterocycles. The van der Waals surface area contributed by atoms with E-state index in [1.807, 2.05) is 12.3 Å². The summed E-state index contributed by atoms with van der Waals surface area (Å²) in [5.74, 6) is 1.59. The summed E-state index contributed by atoms with van der Waals surface area (Å²) in [5, 5.41) is 1.28. The van der Waals surface area contributed by atoms with Crippen molar-refractivity contribution >= 4 is 10.9 Å². The highest BCUT2D eigenvalue weighted by molar-refractivity contribution is 5.88. The normalized spacial score (nSPS) is 16.3. The third-order valence-corrected chi connectivity index (χ3v) is 4.08. The maximum atomic E-state index is 5.42. The van der Waals surface area contributed by atoms with Gasteiger partial charge in [-0.2, -0.15) is 0 Å². The van der Waals surface area contributed by atoms with Gasteiger partial charge in [0, 0.05) is 11.6 Å². The van der Waals surface area contributed by atoms with Gasteiger partial charge in [-0.3, -0.25) is 4.98 Å². The minimum absolute atomic E-state index is 0.711. The Morgan fingerprint density at radius 1 is 1.22 bits per heavy atom. The van der Waals surface area contributed by atoms with Crippen LogP contribution >= 0.6 is 0 Å². The predicted molar refractivity (Wildman–Crippen MR) is 74.2 cm³/mol. The first-order chi connectivity index (χ1) is 8.81. The second-order valence-corrected chi connectivity index (χ2v) is 5.19. The average molecular weight is 241 g/mol. The lowest BCUT2D eigenvalue weighted by atomic mass is 9.91. The van der Waals surface area contributed by atoms with Crippen LogP contribution in [0.1, 0.15) is 42.7 Å². The molecular formula is C16H19NO. The van der Waals surface area contributed by atoms with Crippen LogP contribution in [0.3, 0.4) is 0 Å². The van der Waals surface area contributed by atoms with Crippen LogP contribution in [0.4, 0.5) is 0 Å². The molecule has 1 aromatic carbocycles. The van der Waals surface area contributed by atoms with Crippen LogP contribution in [0, 0.1) is 6.92 Å². The maximum Gasteiger partial charge on any atom is 0.145 e. The molecule has 1 saturated carbocycles. The van der Waals surface area contributed by atoms with Crippen molar-refractivity contribution in [3.63, 3.8) is 0 Å². The van der Waals surface area contributed by atoms with Crippen molar-refractivity contribution < 1.29 is 4.74 Å². The van der Waals surface area contributed by atoms with E-state index in [9.17, 15) is 0 Å². The SMILES string of the molecule is COc1cccc2c(C3CCCC3)c(C)cnc12. The molecular weight excluding hydrogens is 222 g/mol. The van der Waals surface area contributed by atoms with Gasteiger partial charge < -0.3 is 4.74 Å². The molecule has 0 aliphatic heterocycles. The number of fused-ring (bicyclic) bond motifs is 1. The summed E-state index contributed by atoms with van der Waals surface area (Å²) < 4.78 is 5.42. The van der Waals surface area contributed by atoms with E-state index in [0.717, 1.165) is 11.3 Å². The Balaban J connectivity index is 2.25. The second kappa shape index (κ2) is 4.60. The highest BCUT2D eigenvalue weighted by atomic mass is 16.5. The van der Waals surface area contributed by atoms with Crippen LogP contribution in [-0.2, 0) is 0 Å².